The van der Waals surface area contributed by atoms with Crippen LogP contribution in [0.15, 0.2) is 48.5 Å². The third-order valence-electron chi connectivity index (χ3n) is 4.11. The van der Waals surface area contributed by atoms with Crippen molar-refractivity contribution in [1.29, 1.82) is 0 Å². The monoisotopic (exact) mass is 404 g/mol. The largest absolute Gasteiger partial charge is 0.332 e. The van der Waals surface area contributed by atoms with Crippen molar-refractivity contribution in [3.63, 3.8) is 0 Å². The highest BCUT2D eigenvalue weighted by atomic mass is 32.2. The van der Waals surface area contributed by atoms with Crippen LogP contribution in [-0.4, -0.2) is 41.8 Å². The standard InChI is InChI=1S/C20H21FN2O2S2/c1-23(13-18(24)22-17-9-7-16(21)8-10-17)19(25)14-3-5-15(6-4-14)20-26-11-2-12-27-20/h3-10,20H,2,11-13H2,1H3,(H,22,24). The molecule has 0 radical (unpaired) electrons. The summed E-state index contributed by atoms with van der Waals surface area (Å²) in [5, 5.41) is 2.65. The van der Waals surface area contributed by atoms with Gasteiger partial charge in [-0.15, -0.1) is 23.5 Å². The molecule has 1 fully saturated rings. The minimum atomic E-state index is -0.367. The molecule has 2 amide bonds. The summed E-state index contributed by atoms with van der Waals surface area (Å²) in [4.78, 5) is 26.0. The van der Waals surface area contributed by atoms with Gasteiger partial charge in [0.25, 0.3) is 5.91 Å². The number of likely N-dealkylation sites (N-methyl/N-ethyl adjacent to an activating group) is 1. The highest BCUT2D eigenvalue weighted by Gasteiger charge is 2.19. The second-order valence-electron chi connectivity index (χ2n) is 6.27. The molecule has 2 aromatic rings. The molecule has 3 rings (SSSR count). The van der Waals surface area contributed by atoms with Gasteiger partial charge in [-0.1, -0.05) is 12.1 Å². The number of anilines is 1. The van der Waals surface area contributed by atoms with Crippen LogP contribution in [-0.2, 0) is 4.79 Å². The van der Waals surface area contributed by atoms with E-state index in [0.29, 0.717) is 15.8 Å². The van der Waals surface area contributed by atoms with Gasteiger partial charge in [0.05, 0.1) is 11.1 Å². The molecule has 0 unspecified atom stereocenters. The molecule has 1 aliphatic heterocycles. The fourth-order valence-electron chi connectivity index (χ4n) is 2.70. The van der Waals surface area contributed by atoms with E-state index in [0.717, 1.165) is 0 Å². The number of nitrogens with one attached hydrogen (secondary N) is 1. The van der Waals surface area contributed by atoms with Gasteiger partial charge in [0.1, 0.15) is 5.82 Å². The Morgan fingerprint density at radius 1 is 1.07 bits per heavy atom. The Bertz CT molecular complexity index is 791. The maximum Gasteiger partial charge on any atom is 0.254 e. The summed E-state index contributed by atoms with van der Waals surface area (Å²) in [5.41, 5.74) is 2.27. The van der Waals surface area contributed by atoms with Gasteiger partial charge < -0.3 is 10.2 Å². The zero-order chi connectivity index (χ0) is 19.2. The topological polar surface area (TPSA) is 49.4 Å². The normalized spacial score (nSPS) is 14.6. The van der Waals surface area contributed by atoms with Crippen LogP contribution in [0.4, 0.5) is 10.1 Å². The number of nitrogens with zero attached hydrogens (tertiary/aromatic N) is 1. The fraction of sp³-hybridized carbons (Fsp3) is 0.300. The third-order valence-corrected chi connectivity index (χ3v) is 7.13. The minimum Gasteiger partial charge on any atom is -0.332 e. The molecule has 0 spiro atoms. The number of rotatable bonds is 5. The van der Waals surface area contributed by atoms with Crippen molar-refractivity contribution in [3.8, 4) is 0 Å². The van der Waals surface area contributed by atoms with E-state index in [4.69, 9.17) is 0 Å². The Morgan fingerprint density at radius 3 is 2.33 bits per heavy atom. The highest BCUT2D eigenvalue weighted by Crippen LogP contribution is 2.43. The number of amides is 2. The first-order valence-electron chi connectivity index (χ1n) is 8.67. The SMILES string of the molecule is CN(CC(=O)Nc1ccc(F)cc1)C(=O)c1ccc(C2SCCCS2)cc1. The third kappa shape index (κ3) is 5.49. The second kappa shape index (κ2) is 9.28. The van der Waals surface area contributed by atoms with Crippen LogP contribution >= 0.6 is 23.5 Å². The smallest absolute Gasteiger partial charge is 0.254 e. The molecule has 0 atom stereocenters. The molecule has 0 saturated carbocycles. The van der Waals surface area contributed by atoms with Crippen LogP contribution < -0.4 is 5.32 Å². The highest BCUT2D eigenvalue weighted by molar-refractivity contribution is 8.16. The molecule has 1 heterocycles. The van der Waals surface area contributed by atoms with E-state index in [9.17, 15) is 14.0 Å². The molecule has 0 bridgehead atoms. The van der Waals surface area contributed by atoms with Gasteiger partial charge in [-0.2, -0.15) is 0 Å². The van der Waals surface area contributed by atoms with Gasteiger partial charge in [-0.25, -0.2) is 4.39 Å². The van der Waals surface area contributed by atoms with Crippen molar-refractivity contribution in [2.75, 3.05) is 30.4 Å². The maximum absolute atomic E-state index is 12.9. The first kappa shape index (κ1) is 19.8. The zero-order valence-electron chi connectivity index (χ0n) is 15.0. The number of thioether (sulfide) groups is 2. The Labute approximate surface area is 166 Å². The average Bonchev–Trinajstić information content (AvgIpc) is 2.70. The molecule has 7 heteroatoms. The summed E-state index contributed by atoms with van der Waals surface area (Å²) >= 11 is 3.88. The van der Waals surface area contributed by atoms with Gasteiger partial charge in [0, 0.05) is 18.3 Å². The number of halogens is 1. The summed E-state index contributed by atoms with van der Waals surface area (Å²) in [6.45, 7) is -0.0771. The van der Waals surface area contributed by atoms with Crippen LogP contribution in [0.2, 0.25) is 0 Å². The zero-order valence-corrected chi connectivity index (χ0v) is 16.6. The Hall–Kier alpha value is -1.99. The van der Waals surface area contributed by atoms with E-state index in [1.54, 1.807) is 7.05 Å². The first-order chi connectivity index (χ1) is 13.0. The molecular formula is C20H21FN2O2S2. The van der Waals surface area contributed by atoms with Gasteiger partial charge in [0.15, 0.2) is 0 Å². The Balaban J connectivity index is 1.56. The summed E-state index contributed by atoms with van der Waals surface area (Å²) in [6.07, 6.45) is 1.24. The number of hydrogen-bond donors (Lipinski definition) is 1. The minimum absolute atomic E-state index is 0.0771. The molecule has 142 valence electrons. The number of hydrogen-bond acceptors (Lipinski definition) is 4. The van der Waals surface area contributed by atoms with Crippen molar-refractivity contribution in [3.05, 3.63) is 65.5 Å². The average molecular weight is 405 g/mol. The van der Waals surface area contributed by atoms with Crippen molar-refractivity contribution in [1.82, 2.24) is 4.90 Å². The molecule has 0 aromatic heterocycles. The van der Waals surface area contributed by atoms with E-state index in [1.165, 1.54) is 52.7 Å². The van der Waals surface area contributed by atoms with Gasteiger partial charge >= 0.3 is 0 Å². The summed E-state index contributed by atoms with van der Waals surface area (Å²) in [5.74, 6) is 1.44. The first-order valence-corrected chi connectivity index (χ1v) is 10.8. The van der Waals surface area contributed by atoms with Crippen LogP contribution in [0.25, 0.3) is 0 Å². The number of benzene rings is 2. The number of carbonyl (C=O) groups excluding carboxylic acids is 2. The van der Waals surface area contributed by atoms with Crippen LogP contribution in [0.5, 0.6) is 0 Å². The second-order valence-corrected chi connectivity index (χ2v) is 8.99. The van der Waals surface area contributed by atoms with Crippen LogP contribution in [0, 0.1) is 5.82 Å². The summed E-state index contributed by atoms with van der Waals surface area (Å²) < 4.78 is 13.3. The van der Waals surface area contributed by atoms with E-state index in [1.807, 2.05) is 47.8 Å². The van der Waals surface area contributed by atoms with E-state index in [2.05, 4.69) is 5.32 Å². The lowest BCUT2D eigenvalue weighted by Gasteiger charge is -2.21. The molecule has 4 nitrogen and oxygen atoms in total. The predicted octanol–water partition coefficient (Wildman–Crippen LogP) is 4.41. The molecule has 0 aliphatic carbocycles. The van der Waals surface area contributed by atoms with Crippen molar-refractivity contribution in [2.24, 2.45) is 0 Å². The lowest BCUT2D eigenvalue weighted by Crippen LogP contribution is -2.34. The fourth-order valence-corrected chi connectivity index (χ4v) is 5.60. The van der Waals surface area contributed by atoms with Crippen molar-refractivity contribution < 1.29 is 14.0 Å². The molecule has 2 aromatic carbocycles. The van der Waals surface area contributed by atoms with Crippen molar-refractivity contribution in [2.45, 2.75) is 11.0 Å². The van der Waals surface area contributed by atoms with E-state index >= 15 is 0 Å². The molecule has 1 aliphatic rings. The van der Waals surface area contributed by atoms with Gasteiger partial charge in [-0.3, -0.25) is 9.59 Å². The molecule has 1 N–H and O–H groups in total. The Kier molecular flexibility index (Phi) is 6.79. The predicted molar refractivity (Wildman–Crippen MR) is 111 cm³/mol. The van der Waals surface area contributed by atoms with Gasteiger partial charge in [0.2, 0.25) is 5.91 Å². The summed E-state index contributed by atoms with van der Waals surface area (Å²) in [7, 11) is 1.59. The molecule has 27 heavy (non-hydrogen) atoms. The Morgan fingerprint density at radius 2 is 1.70 bits per heavy atom. The lowest BCUT2D eigenvalue weighted by atomic mass is 10.1. The molecule has 1 saturated heterocycles. The van der Waals surface area contributed by atoms with Crippen LogP contribution in [0.3, 0.4) is 0 Å². The quantitative estimate of drug-likeness (QED) is 0.802. The van der Waals surface area contributed by atoms with E-state index in [-0.39, 0.29) is 24.2 Å². The lowest BCUT2D eigenvalue weighted by molar-refractivity contribution is -0.116. The van der Waals surface area contributed by atoms with Crippen LogP contribution in [0.1, 0.15) is 26.9 Å². The van der Waals surface area contributed by atoms with Gasteiger partial charge in [-0.05, 0) is 59.9 Å². The summed E-state index contributed by atoms with van der Waals surface area (Å²) in [6, 6.07) is 13.1. The molecular weight excluding hydrogens is 383 g/mol. The maximum atomic E-state index is 12.9. The van der Waals surface area contributed by atoms with E-state index < -0.39 is 0 Å². The van der Waals surface area contributed by atoms with Crippen molar-refractivity contribution >= 4 is 41.0 Å². The number of carbonyl (C=O) groups is 2.